The Labute approximate surface area is 278 Å². The van der Waals surface area contributed by atoms with Crippen LogP contribution >= 0.6 is 0 Å². The van der Waals surface area contributed by atoms with Gasteiger partial charge in [0.2, 0.25) is 0 Å². The number of aromatic nitrogens is 3. The third-order valence-electron chi connectivity index (χ3n) is 9.10. The number of fused-ring (bicyclic) bond motifs is 3. The van der Waals surface area contributed by atoms with E-state index in [1.54, 1.807) is 0 Å². The van der Waals surface area contributed by atoms with Crippen LogP contribution in [-0.4, -0.2) is 15.0 Å². The van der Waals surface area contributed by atoms with Gasteiger partial charge in [-0.1, -0.05) is 158 Å². The van der Waals surface area contributed by atoms with Crippen LogP contribution in [-0.2, 0) is 0 Å². The first-order valence-corrected chi connectivity index (χ1v) is 16.2. The molecule has 1 aromatic heterocycles. The molecule has 9 aromatic rings. The summed E-state index contributed by atoms with van der Waals surface area (Å²) in [7, 11) is 0. The second-order valence-corrected chi connectivity index (χ2v) is 12.1. The lowest BCUT2D eigenvalue weighted by Crippen LogP contribution is -2.00. The molecule has 0 N–H and O–H groups in total. The molecule has 8 aromatic carbocycles. The predicted octanol–water partition coefficient (Wildman–Crippen LogP) is 11.7. The first-order valence-electron chi connectivity index (χ1n) is 16.2. The SMILES string of the molecule is c1ccc(-c2ccc3cccc(-c4nc(-c5ccccc5)nc(-c5ccc6ccc(-c7cccc8ccccc78)cc6c5)n4)c3c2)cc1. The van der Waals surface area contributed by atoms with Crippen molar-refractivity contribution >= 4 is 32.3 Å². The van der Waals surface area contributed by atoms with Gasteiger partial charge in [0.05, 0.1) is 0 Å². The first-order chi connectivity index (χ1) is 23.8. The van der Waals surface area contributed by atoms with Crippen LogP contribution in [0, 0.1) is 0 Å². The molecule has 0 amide bonds. The van der Waals surface area contributed by atoms with Crippen LogP contribution in [0.4, 0.5) is 0 Å². The molecular weight excluding hydrogens is 583 g/mol. The summed E-state index contributed by atoms with van der Waals surface area (Å²) in [5.41, 5.74) is 7.61. The van der Waals surface area contributed by atoms with Crippen molar-refractivity contribution in [2.45, 2.75) is 0 Å². The van der Waals surface area contributed by atoms with Crippen LogP contribution in [0.15, 0.2) is 176 Å². The summed E-state index contributed by atoms with van der Waals surface area (Å²) in [5, 5.41) is 7.03. The quantitative estimate of drug-likeness (QED) is 0.194. The van der Waals surface area contributed by atoms with E-state index in [4.69, 9.17) is 15.0 Å². The van der Waals surface area contributed by atoms with Crippen molar-refractivity contribution in [1.29, 1.82) is 0 Å². The molecule has 3 nitrogen and oxygen atoms in total. The molecule has 0 spiro atoms. The van der Waals surface area contributed by atoms with Gasteiger partial charge in [0.15, 0.2) is 17.5 Å². The Bertz CT molecular complexity index is 2600. The summed E-state index contributed by atoms with van der Waals surface area (Å²) in [6.07, 6.45) is 0. The normalized spacial score (nSPS) is 11.3. The molecule has 0 saturated carbocycles. The Kier molecular flexibility index (Phi) is 6.80. The van der Waals surface area contributed by atoms with Gasteiger partial charge in [-0.25, -0.2) is 15.0 Å². The number of hydrogen-bond acceptors (Lipinski definition) is 3. The summed E-state index contributed by atoms with van der Waals surface area (Å²) in [6.45, 7) is 0. The maximum atomic E-state index is 5.16. The van der Waals surface area contributed by atoms with Gasteiger partial charge in [0.1, 0.15) is 0 Å². The number of nitrogens with zero attached hydrogens (tertiary/aromatic N) is 3. The molecular formula is C45H29N3. The highest BCUT2D eigenvalue weighted by molar-refractivity contribution is 6.00. The molecule has 0 fully saturated rings. The molecule has 9 rings (SSSR count). The third-order valence-corrected chi connectivity index (χ3v) is 9.10. The minimum Gasteiger partial charge on any atom is -0.208 e. The van der Waals surface area contributed by atoms with Crippen molar-refractivity contribution in [3.8, 4) is 56.4 Å². The molecule has 0 aliphatic carbocycles. The predicted molar refractivity (Wildman–Crippen MR) is 200 cm³/mol. The lowest BCUT2D eigenvalue weighted by Gasteiger charge is -2.12. The van der Waals surface area contributed by atoms with Gasteiger partial charge in [-0.2, -0.15) is 0 Å². The maximum absolute atomic E-state index is 5.16. The average Bonchev–Trinajstić information content (AvgIpc) is 3.17. The number of rotatable bonds is 5. The van der Waals surface area contributed by atoms with E-state index in [0.717, 1.165) is 38.4 Å². The van der Waals surface area contributed by atoms with E-state index in [-0.39, 0.29) is 0 Å². The second-order valence-electron chi connectivity index (χ2n) is 12.1. The highest BCUT2D eigenvalue weighted by atomic mass is 15.0. The van der Waals surface area contributed by atoms with Crippen molar-refractivity contribution in [2.24, 2.45) is 0 Å². The van der Waals surface area contributed by atoms with Gasteiger partial charge >= 0.3 is 0 Å². The summed E-state index contributed by atoms with van der Waals surface area (Å²) in [6, 6.07) is 61.8. The van der Waals surface area contributed by atoms with E-state index in [2.05, 4.69) is 152 Å². The molecule has 0 aliphatic rings. The lowest BCUT2D eigenvalue weighted by atomic mass is 9.95. The lowest BCUT2D eigenvalue weighted by molar-refractivity contribution is 1.08. The van der Waals surface area contributed by atoms with Crippen LogP contribution < -0.4 is 0 Å². The Balaban J connectivity index is 1.21. The zero-order valence-corrected chi connectivity index (χ0v) is 26.1. The monoisotopic (exact) mass is 611 g/mol. The Morgan fingerprint density at radius 3 is 1.58 bits per heavy atom. The van der Waals surface area contributed by atoms with E-state index in [1.165, 1.54) is 32.8 Å². The van der Waals surface area contributed by atoms with Crippen LogP contribution in [0.1, 0.15) is 0 Å². The van der Waals surface area contributed by atoms with Gasteiger partial charge in [-0.3, -0.25) is 0 Å². The van der Waals surface area contributed by atoms with Gasteiger partial charge in [0, 0.05) is 16.7 Å². The summed E-state index contributed by atoms with van der Waals surface area (Å²) in [4.78, 5) is 15.3. The highest BCUT2D eigenvalue weighted by Crippen LogP contribution is 2.35. The Morgan fingerprint density at radius 1 is 0.250 bits per heavy atom. The molecule has 1 heterocycles. The molecule has 48 heavy (non-hydrogen) atoms. The van der Waals surface area contributed by atoms with Gasteiger partial charge in [0.25, 0.3) is 0 Å². The van der Waals surface area contributed by atoms with Crippen LogP contribution in [0.3, 0.4) is 0 Å². The van der Waals surface area contributed by atoms with Crippen LogP contribution in [0.25, 0.3) is 88.7 Å². The fraction of sp³-hybridized carbons (Fsp3) is 0. The van der Waals surface area contributed by atoms with Gasteiger partial charge < -0.3 is 0 Å². The Hall–Kier alpha value is -6.45. The minimum absolute atomic E-state index is 0.646. The van der Waals surface area contributed by atoms with Crippen molar-refractivity contribution in [3.63, 3.8) is 0 Å². The number of hydrogen-bond donors (Lipinski definition) is 0. The molecule has 224 valence electrons. The first kappa shape index (κ1) is 27.8. The molecule has 3 heteroatoms. The van der Waals surface area contributed by atoms with E-state index in [9.17, 15) is 0 Å². The number of benzene rings is 8. The largest absolute Gasteiger partial charge is 0.208 e. The van der Waals surface area contributed by atoms with E-state index in [1.807, 2.05) is 24.3 Å². The topological polar surface area (TPSA) is 38.7 Å². The van der Waals surface area contributed by atoms with Crippen molar-refractivity contribution in [3.05, 3.63) is 176 Å². The van der Waals surface area contributed by atoms with E-state index >= 15 is 0 Å². The zero-order valence-electron chi connectivity index (χ0n) is 26.1. The molecule has 0 bridgehead atoms. The van der Waals surface area contributed by atoms with E-state index in [0.29, 0.717) is 17.5 Å². The van der Waals surface area contributed by atoms with Crippen molar-refractivity contribution < 1.29 is 0 Å². The van der Waals surface area contributed by atoms with Crippen LogP contribution in [0.2, 0.25) is 0 Å². The van der Waals surface area contributed by atoms with Gasteiger partial charge in [-0.15, -0.1) is 0 Å². The fourth-order valence-corrected chi connectivity index (χ4v) is 6.65. The fourth-order valence-electron chi connectivity index (χ4n) is 6.65. The third kappa shape index (κ3) is 5.08. The summed E-state index contributed by atoms with van der Waals surface area (Å²) in [5.74, 6) is 1.95. The molecule has 0 radical (unpaired) electrons. The van der Waals surface area contributed by atoms with Crippen LogP contribution in [0.5, 0.6) is 0 Å². The summed E-state index contributed by atoms with van der Waals surface area (Å²) >= 11 is 0. The van der Waals surface area contributed by atoms with Crippen molar-refractivity contribution in [1.82, 2.24) is 15.0 Å². The molecule has 0 saturated heterocycles. The minimum atomic E-state index is 0.646. The molecule has 0 atom stereocenters. The smallest absolute Gasteiger partial charge is 0.164 e. The zero-order chi connectivity index (χ0) is 31.9. The van der Waals surface area contributed by atoms with Gasteiger partial charge in [-0.05, 0) is 72.8 Å². The molecule has 0 aliphatic heterocycles. The van der Waals surface area contributed by atoms with E-state index < -0.39 is 0 Å². The summed E-state index contributed by atoms with van der Waals surface area (Å²) < 4.78 is 0. The van der Waals surface area contributed by atoms with Crippen molar-refractivity contribution in [2.75, 3.05) is 0 Å². The Morgan fingerprint density at radius 2 is 0.792 bits per heavy atom. The highest BCUT2D eigenvalue weighted by Gasteiger charge is 2.15. The average molecular weight is 612 g/mol. The second kappa shape index (κ2) is 11.7. The maximum Gasteiger partial charge on any atom is 0.164 e. The molecule has 0 unspecified atom stereocenters. The standard InChI is InChI=1S/C45H29N3/c1-3-11-30(12-4-1)35-24-23-33-17-10-20-41(42(33)29-35)45-47-43(34-14-5-2-6-15-34)46-44(48-45)37-26-22-31-21-25-36(27-38(31)28-37)40-19-9-16-32-13-7-8-18-39(32)40/h1-29H.